The second-order valence-corrected chi connectivity index (χ2v) is 9.21. The van der Waals surface area contributed by atoms with Gasteiger partial charge in [-0.05, 0) is 25.1 Å². The van der Waals surface area contributed by atoms with Crippen molar-refractivity contribution in [2.45, 2.75) is 19.1 Å². The van der Waals surface area contributed by atoms with Crippen molar-refractivity contribution in [2.75, 3.05) is 36.5 Å². The molecule has 190 valence electrons. The van der Waals surface area contributed by atoms with Gasteiger partial charge < -0.3 is 20.3 Å². The number of thiazole rings is 1. The molecule has 0 aromatic carbocycles. The Kier molecular flexibility index (Phi) is 7.71. The van der Waals surface area contributed by atoms with E-state index in [0.717, 1.165) is 17.5 Å². The van der Waals surface area contributed by atoms with Crippen molar-refractivity contribution in [2.24, 2.45) is 0 Å². The Bertz CT molecular complexity index is 1270. The first-order chi connectivity index (χ1) is 17.1. The van der Waals surface area contributed by atoms with Gasteiger partial charge in [-0.3, -0.25) is 9.59 Å². The zero-order valence-corrected chi connectivity index (χ0v) is 20.4. The van der Waals surface area contributed by atoms with Crippen molar-refractivity contribution in [3.63, 3.8) is 0 Å². The maximum absolute atomic E-state index is 13.0. The van der Waals surface area contributed by atoms with Crippen LogP contribution in [-0.4, -0.2) is 53.1 Å². The average molecular weight is 541 g/mol. The van der Waals surface area contributed by atoms with Crippen LogP contribution in [0.1, 0.15) is 43.7 Å². The summed E-state index contributed by atoms with van der Waals surface area (Å²) in [6, 6.07) is 5.27. The van der Waals surface area contributed by atoms with E-state index >= 15 is 0 Å². The molecule has 0 bridgehead atoms. The molecule has 9 nitrogen and oxygen atoms in total. The molecule has 0 saturated carbocycles. The summed E-state index contributed by atoms with van der Waals surface area (Å²) >= 11 is 6.54. The highest BCUT2D eigenvalue weighted by Crippen LogP contribution is 2.35. The summed E-state index contributed by atoms with van der Waals surface area (Å²) in [7, 11) is 0. The molecule has 1 fully saturated rings. The summed E-state index contributed by atoms with van der Waals surface area (Å²) in [4.78, 5) is 39.8. The number of ether oxygens (including phenoxy) is 1. The van der Waals surface area contributed by atoms with E-state index in [0.29, 0.717) is 43.2 Å². The monoisotopic (exact) mass is 540 g/mol. The van der Waals surface area contributed by atoms with Crippen molar-refractivity contribution in [1.82, 2.24) is 20.3 Å². The normalized spacial score (nSPS) is 14.9. The van der Waals surface area contributed by atoms with Crippen LogP contribution in [0.3, 0.4) is 0 Å². The number of alkyl halides is 3. The summed E-state index contributed by atoms with van der Waals surface area (Å²) in [6.07, 6.45) is -2.60. The van der Waals surface area contributed by atoms with E-state index in [2.05, 4.69) is 25.6 Å². The fraction of sp³-hybridized carbons (Fsp3) is 0.318. The number of amides is 2. The van der Waals surface area contributed by atoms with Gasteiger partial charge in [0.05, 0.1) is 36.0 Å². The topological polar surface area (TPSA) is 109 Å². The number of nitrogens with zero attached hydrogens (tertiary/aromatic N) is 4. The van der Waals surface area contributed by atoms with E-state index in [-0.39, 0.29) is 16.4 Å². The average Bonchev–Trinajstić information content (AvgIpc) is 3.36. The molecular formula is C22H20ClF3N6O3S. The smallest absolute Gasteiger partial charge is 0.378 e. The first kappa shape index (κ1) is 25.8. The summed E-state index contributed by atoms with van der Waals surface area (Å²) in [5.41, 5.74) is -0.878. The Morgan fingerprint density at radius 1 is 1.17 bits per heavy atom. The van der Waals surface area contributed by atoms with E-state index in [1.54, 1.807) is 19.1 Å². The van der Waals surface area contributed by atoms with Crippen LogP contribution in [0.15, 0.2) is 36.7 Å². The third kappa shape index (κ3) is 6.09. The number of hydrogen-bond acceptors (Lipinski definition) is 8. The number of carbonyl (C=O) groups excluding carboxylic acids is 2. The fourth-order valence-corrected chi connectivity index (χ4v) is 4.37. The number of pyridine rings is 2. The molecule has 1 unspecified atom stereocenters. The van der Waals surface area contributed by atoms with Gasteiger partial charge in [0.1, 0.15) is 27.2 Å². The molecule has 3 aromatic heterocycles. The van der Waals surface area contributed by atoms with Gasteiger partial charge in [-0.2, -0.15) is 13.2 Å². The van der Waals surface area contributed by atoms with Gasteiger partial charge in [-0.25, -0.2) is 15.0 Å². The van der Waals surface area contributed by atoms with Crippen LogP contribution in [-0.2, 0) is 10.9 Å². The predicted octanol–water partition coefficient (Wildman–Crippen LogP) is 4.19. The van der Waals surface area contributed by atoms with Crippen LogP contribution < -0.4 is 15.5 Å². The minimum atomic E-state index is -4.69. The third-order valence-electron chi connectivity index (χ3n) is 5.17. The summed E-state index contributed by atoms with van der Waals surface area (Å²) in [5.74, 6) is -0.737. The molecule has 1 aliphatic heterocycles. The first-order valence-electron chi connectivity index (χ1n) is 10.7. The van der Waals surface area contributed by atoms with Gasteiger partial charge in [0.2, 0.25) is 0 Å². The van der Waals surface area contributed by atoms with E-state index < -0.39 is 34.6 Å². The van der Waals surface area contributed by atoms with Gasteiger partial charge in [0.25, 0.3) is 11.8 Å². The number of hydrogen-bond donors (Lipinski definition) is 2. The van der Waals surface area contributed by atoms with Crippen LogP contribution in [0, 0.1) is 0 Å². The van der Waals surface area contributed by atoms with E-state index in [9.17, 15) is 22.8 Å². The largest absolute Gasteiger partial charge is 0.418 e. The predicted molar refractivity (Wildman–Crippen MR) is 127 cm³/mol. The van der Waals surface area contributed by atoms with Gasteiger partial charge in [0.15, 0.2) is 0 Å². The first-order valence-corrected chi connectivity index (χ1v) is 11.9. The second kappa shape index (κ2) is 10.8. The highest BCUT2D eigenvalue weighted by Gasteiger charge is 2.34. The third-order valence-corrected chi connectivity index (χ3v) is 6.65. The molecule has 0 radical (unpaired) electrons. The van der Waals surface area contributed by atoms with E-state index in [1.807, 2.05) is 11.0 Å². The number of nitrogens with one attached hydrogen (secondary N) is 2. The lowest BCUT2D eigenvalue weighted by molar-refractivity contribution is -0.137. The Balaban J connectivity index is 1.40. The Hall–Kier alpha value is -3.29. The van der Waals surface area contributed by atoms with Crippen LogP contribution in [0.25, 0.3) is 0 Å². The zero-order valence-electron chi connectivity index (χ0n) is 18.8. The van der Waals surface area contributed by atoms with Gasteiger partial charge in [0, 0.05) is 19.3 Å². The molecule has 2 amide bonds. The maximum Gasteiger partial charge on any atom is 0.418 e. The highest BCUT2D eigenvalue weighted by molar-refractivity contribution is 7.13. The molecule has 3 aromatic rings. The number of carbonyl (C=O) groups is 2. The van der Waals surface area contributed by atoms with E-state index in [4.69, 9.17) is 16.3 Å². The molecule has 14 heteroatoms. The number of aromatic nitrogens is 3. The molecular weight excluding hydrogens is 521 g/mol. The summed E-state index contributed by atoms with van der Waals surface area (Å²) in [5, 5.41) is 4.95. The van der Waals surface area contributed by atoms with Crippen molar-refractivity contribution in [1.29, 1.82) is 0 Å². The summed E-state index contributed by atoms with van der Waals surface area (Å²) in [6.45, 7) is 4.24. The SMILES string of the molecule is CC(NC(=O)c1cccc(N2CCOCC2)n1)c1ncc(C(=O)Nc2cc(C(F)(F)F)c(Cl)cn2)s1. The van der Waals surface area contributed by atoms with Crippen molar-refractivity contribution in [3.8, 4) is 0 Å². The molecule has 0 spiro atoms. The number of anilines is 2. The van der Waals surface area contributed by atoms with Crippen LogP contribution in [0.2, 0.25) is 5.02 Å². The van der Waals surface area contributed by atoms with Crippen LogP contribution in [0.4, 0.5) is 24.8 Å². The molecule has 1 saturated heterocycles. The fourth-order valence-electron chi connectivity index (χ4n) is 3.35. The quantitative estimate of drug-likeness (QED) is 0.482. The minimum absolute atomic E-state index is 0.129. The molecule has 36 heavy (non-hydrogen) atoms. The number of rotatable bonds is 6. The lowest BCUT2D eigenvalue weighted by Crippen LogP contribution is -2.37. The second-order valence-electron chi connectivity index (χ2n) is 7.74. The Morgan fingerprint density at radius 3 is 2.64 bits per heavy atom. The van der Waals surface area contributed by atoms with Crippen molar-refractivity contribution >= 4 is 46.4 Å². The lowest BCUT2D eigenvalue weighted by Gasteiger charge is -2.28. The molecule has 1 atom stereocenters. The maximum atomic E-state index is 13.0. The molecule has 4 rings (SSSR count). The van der Waals surface area contributed by atoms with Crippen molar-refractivity contribution < 1.29 is 27.5 Å². The van der Waals surface area contributed by atoms with Gasteiger partial charge in [-0.15, -0.1) is 11.3 Å². The van der Waals surface area contributed by atoms with E-state index in [1.165, 1.54) is 6.20 Å². The lowest BCUT2D eigenvalue weighted by atomic mass is 10.2. The molecule has 4 heterocycles. The Morgan fingerprint density at radius 2 is 1.92 bits per heavy atom. The van der Waals surface area contributed by atoms with Gasteiger partial charge in [-0.1, -0.05) is 17.7 Å². The molecule has 0 aliphatic carbocycles. The van der Waals surface area contributed by atoms with Crippen LogP contribution in [0.5, 0.6) is 0 Å². The molecule has 2 N–H and O–H groups in total. The standard InChI is InChI=1S/C22H20ClF3N6O3S/c1-12(29-19(33)15-3-2-4-18(30-15)32-5-7-35-8-6-32)21-28-11-16(36-21)20(34)31-17-9-13(22(24,25)26)14(23)10-27-17/h2-4,9-12H,5-8H2,1H3,(H,29,33)(H,27,31,34). The number of morpholine rings is 1. The van der Waals surface area contributed by atoms with Gasteiger partial charge >= 0.3 is 6.18 Å². The summed E-state index contributed by atoms with van der Waals surface area (Å²) < 4.78 is 44.5. The zero-order chi connectivity index (χ0) is 25.9. The Labute approximate surface area is 212 Å². The van der Waals surface area contributed by atoms with Crippen molar-refractivity contribution in [3.05, 3.63) is 62.8 Å². The number of halogens is 4. The van der Waals surface area contributed by atoms with Crippen LogP contribution >= 0.6 is 22.9 Å². The highest BCUT2D eigenvalue weighted by atomic mass is 35.5. The molecule has 1 aliphatic rings. The minimum Gasteiger partial charge on any atom is -0.378 e.